The van der Waals surface area contributed by atoms with Crippen molar-refractivity contribution >= 4 is 11.9 Å². The lowest BCUT2D eigenvalue weighted by atomic mass is 10.1. The van der Waals surface area contributed by atoms with E-state index in [4.69, 9.17) is 20.2 Å². The van der Waals surface area contributed by atoms with Crippen LogP contribution in [-0.2, 0) is 0 Å². The number of oxime groups is 1. The van der Waals surface area contributed by atoms with Crippen LogP contribution in [0.25, 0.3) is 0 Å². The minimum Gasteiger partial charge on any atom is -0.450 e. The Morgan fingerprint density at radius 2 is 1.64 bits per heavy atom. The smallest absolute Gasteiger partial charge is 0.450 e. The van der Waals surface area contributed by atoms with Crippen molar-refractivity contribution in [2.75, 3.05) is 0 Å². The average molecular weight is 197 g/mol. The van der Waals surface area contributed by atoms with E-state index < -0.39 is 6.16 Å². The molecule has 0 saturated carbocycles. The highest BCUT2D eigenvalue weighted by atomic mass is 16.6. The van der Waals surface area contributed by atoms with Crippen LogP contribution in [0.1, 0.15) is 12.5 Å². The minimum atomic E-state index is -1.83. The third kappa shape index (κ3) is 5.59. The predicted octanol–water partition coefficient (Wildman–Crippen LogP) is 2.11. The van der Waals surface area contributed by atoms with Gasteiger partial charge in [-0.2, -0.15) is 0 Å². The molecule has 0 aromatic heterocycles. The van der Waals surface area contributed by atoms with Crippen molar-refractivity contribution in [2.24, 2.45) is 5.16 Å². The van der Waals surface area contributed by atoms with E-state index in [0.717, 1.165) is 5.56 Å². The number of carbonyl (C=O) groups is 1. The van der Waals surface area contributed by atoms with Gasteiger partial charge in [0, 0.05) is 0 Å². The Hall–Kier alpha value is -2.04. The van der Waals surface area contributed by atoms with E-state index in [-0.39, 0.29) is 0 Å². The molecular formula is C9H11NO4. The maximum atomic E-state index is 8.56. The van der Waals surface area contributed by atoms with Crippen molar-refractivity contribution in [3.63, 3.8) is 0 Å². The van der Waals surface area contributed by atoms with Gasteiger partial charge in [0.25, 0.3) is 0 Å². The zero-order valence-electron chi connectivity index (χ0n) is 7.58. The maximum Gasteiger partial charge on any atom is 0.503 e. The first-order valence-corrected chi connectivity index (χ1v) is 3.74. The summed E-state index contributed by atoms with van der Waals surface area (Å²) in [6, 6.07) is 9.53. The molecule has 14 heavy (non-hydrogen) atoms. The number of nitrogens with zero attached hydrogens (tertiary/aromatic N) is 1. The maximum absolute atomic E-state index is 8.56. The predicted molar refractivity (Wildman–Crippen MR) is 51.1 cm³/mol. The number of rotatable bonds is 1. The van der Waals surface area contributed by atoms with Gasteiger partial charge >= 0.3 is 6.16 Å². The van der Waals surface area contributed by atoms with Gasteiger partial charge < -0.3 is 15.4 Å². The van der Waals surface area contributed by atoms with E-state index >= 15 is 0 Å². The average Bonchev–Trinajstić information content (AvgIpc) is 2.17. The molecule has 3 N–H and O–H groups in total. The third-order valence-corrected chi connectivity index (χ3v) is 1.34. The van der Waals surface area contributed by atoms with Crippen LogP contribution in [0.5, 0.6) is 0 Å². The van der Waals surface area contributed by atoms with Crippen LogP contribution < -0.4 is 0 Å². The van der Waals surface area contributed by atoms with Gasteiger partial charge in [-0.05, 0) is 12.5 Å². The van der Waals surface area contributed by atoms with Crippen LogP contribution in [0.4, 0.5) is 4.79 Å². The summed E-state index contributed by atoms with van der Waals surface area (Å²) in [6.45, 7) is 1.76. The van der Waals surface area contributed by atoms with E-state index in [1.54, 1.807) is 6.92 Å². The Morgan fingerprint density at radius 3 is 2.00 bits per heavy atom. The molecule has 0 aliphatic rings. The molecular weight excluding hydrogens is 186 g/mol. The van der Waals surface area contributed by atoms with Gasteiger partial charge in [-0.15, -0.1) is 0 Å². The van der Waals surface area contributed by atoms with Crippen LogP contribution in [0, 0.1) is 0 Å². The van der Waals surface area contributed by atoms with Gasteiger partial charge in [0.15, 0.2) is 0 Å². The van der Waals surface area contributed by atoms with Gasteiger partial charge in [0.2, 0.25) is 0 Å². The Kier molecular flexibility index (Phi) is 5.53. The van der Waals surface area contributed by atoms with Crippen molar-refractivity contribution < 1.29 is 20.2 Å². The first-order valence-electron chi connectivity index (χ1n) is 3.74. The molecule has 0 aliphatic heterocycles. The summed E-state index contributed by atoms with van der Waals surface area (Å²) in [7, 11) is 0. The van der Waals surface area contributed by atoms with Crippen LogP contribution >= 0.6 is 0 Å². The fourth-order valence-corrected chi connectivity index (χ4v) is 0.737. The number of hydrogen-bond acceptors (Lipinski definition) is 3. The van der Waals surface area contributed by atoms with Crippen molar-refractivity contribution in [3.8, 4) is 0 Å². The first kappa shape index (κ1) is 12.0. The summed E-state index contributed by atoms with van der Waals surface area (Å²) in [5.74, 6) is 0. The van der Waals surface area contributed by atoms with Crippen molar-refractivity contribution in [1.82, 2.24) is 0 Å². The minimum absolute atomic E-state index is 0.639. The fraction of sp³-hybridized carbons (Fsp3) is 0.111. The van der Waals surface area contributed by atoms with Gasteiger partial charge in [0.1, 0.15) is 0 Å². The summed E-state index contributed by atoms with van der Waals surface area (Å²) >= 11 is 0. The molecule has 0 spiro atoms. The lowest BCUT2D eigenvalue weighted by molar-refractivity contribution is 0.137. The molecule has 0 bridgehead atoms. The highest BCUT2D eigenvalue weighted by Crippen LogP contribution is 1.99. The topological polar surface area (TPSA) is 90.1 Å². The summed E-state index contributed by atoms with van der Waals surface area (Å²) in [4.78, 5) is 8.56. The zero-order valence-corrected chi connectivity index (χ0v) is 7.58. The molecule has 0 heterocycles. The standard InChI is InChI=1S/C8H9NO.CH2O3/c1-7(9-10)8-5-3-2-4-6-8;2-1(3)4/h2-6,10H,1H3;(H2,2,3,4)/b9-7-;. The molecule has 76 valence electrons. The molecule has 1 rings (SSSR count). The van der Waals surface area contributed by atoms with E-state index in [2.05, 4.69) is 5.16 Å². The Morgan fingerprint density at radius 1 is 1.21 bits per heavy atom. The SMILES string of the molecule is C/C(=N/O)c1ccccc1.O=C(O)O. The number of carboxylic acid groups (broad SMARTS) is 2. The summed E-state index contributed by atoms with van der Waals surface area (Å²) in [5.41, 5.74) is 1.59. The Bertz CT molecular complexity index is 304. The Balaban J connectivity index is 0.000000364. The molecule has 0 amide bonds. The van der Waals surface area contributed by atoms with Gasteiger partial charge in [-0.1, -0.05) is 35.5 Å². The summed E-state index contributed by atoms with van der Waals surface area (Å²) in [6.07, 6.45) is -1.83. The highest BCUT2D eigenvalue weighted by molar-refractivity contribution is 5.98. The van der Waals surface area contributed by atoms with Crippen molar-refractivity contribution in [1.29, 1.82) is 0 Å². The normalized spacial score (nSPS) is 9.93. The quantitative estimate of drug-likeness (QED) is 0.365. The van der Waals surface area contributed by atoms with E-state index in [0.29, 0.717) is 5.71 Å². The van der Waals surface area contributed by atoms with Gasteiger partial charge in [0.05, 0.1) is 5.71 Å². The number of hydrogen-bond donors (Lipinski definition) is 3. The van der Waals surface area contributed by atoms with Crippen LogP contribution in [0.2, 0.25) is 0 Å². The molecule has 5 heteroatoms. The van der Waals surface area contributed by atoms with Crippen LogP contribution in [0.15, 0.2) is 35.5 Å². The first-order chi connectivity index (χ1) is 6.57. The lowest BCUT2D eigenvalue weighted by Gasteiger charge is -1.94. The molecule has 0 radical (unpaired) electrons. The molecule has 1 aromatic carbocycles. The largest absolute Gasteiger partial charge is 0.503 e. The second kappa shape index (κ2) is 6.47. The monoisotopic (exact) mass is 197 g/mol. The molecule has 0 atom stereocenters. The van der Waals surface area contributed by atoms with Crippen molar-refractivity contribution in [3.05, 3.63) is 35.9 Å². The molecule has 5 nitrogen and oxygen atoms in total. The van der Waals surface area contributed by atoms with Crippen LogP contribution in [0.3, 0.4) is 0 Å². The Labute approximate surface area is 80.9 Å². The van der Waals surface area contributed by atoms with Crippen molar-refractivity contribution in [2.45, 2.75) is 6.92 Å². The lowest BCUT2D eigenvalue weighted by Crippen LogP contribution is -1.92. The van der Waals surface area contributed by atoms with E-state index in [1.807, 2.05) is 30.3 Å². The highest BCUT2D eigenvalue weighted by Gasteiger charge is 1.92. The third-order valence-electron chi connectivity index (χ3n) is 1.34. The zero-order chi connectivity index (χ0) is 11.0. The van der Waals surface area contributed by atoms with Gasteiger partial charge in [-0.25, -0.2) is 4.79 Å². The second-order valence-corrected chi connectivity index (χ2v) is 2.33. The second-order valence-electron chi connectivity index (χ2n) is 2.33. The molecule has 0 aliphatic carbocycles. The summed E-state index contributed by atoms with van der Waals surface area (Å²) < 4.78 is 0. The van der Waals surface area contributed by atoms with Crippen LogP contribution in [-0.4, -0.2) is 27.3 Å². The fourth-order valence-electron chi connectivity index (χ4n) is 0.737. The molecule has 0 fully saturated rings. The van der Waals surface area contributed by atoms with Gasteiger partial charge in [-0.3, -0.25) is 0 Å². The summed E-state index contributed by atoms with van der Waals surface area (Å²) in [5, 5.41) is 25.4. The molecule has 0 saturated heterocycles. The molecule has 0 unspecified atom stereocenters. The number of benzene rings is 1. The van der Waals surface area contributed by atoms with E-state index in [9.17, 15) is 0 Å². The van der Waals surface area contributed by atoms with E-state index in [1.165, 1.54) is 0 Å². The molecule has 1 aromatic rings.